The summed E-state index contributed by atoms with van der Waals surface area (Å²) >= 11 is 0. The maximum absolute atomic E-state index is 9.93. The first-order valence-corrected chi connectivity index (χ1v) is 6.93. The molecule has 0 amide bonds. The van der Waals surface area contributed by atoms with Crippen molar-refractivity contribution in [2.24, 2.45) is 0 Å². The van der Waals surface area contributed by atoms with Crippen molar-refractivity contribution in [3.63, 3.8) is 0 Å². The van der Waals surface area contributed by atoms with Gasteiger partial charge in [-0.2, -0.15) is 0 Å². The van der Waals surface area contributed by atoms with Crippen LogP contribution in [-0.4, -0.2) is 104 Å². The van der Waals surface area contributed by atoms with Crippen molar-refractivity contribution in [2.75, 3.05) is 6.61 Å². The monoisotopic (exact) mass is 326 g/mol. The molecule has 0 aromatic carbocycles. The lowest BCUT2D eigenvalue weighted by Gasteiger charge is -2.44. The number of aliphatic hydroxyl groups excluding tert-OH is 7. The second-order valence-corrected chi connectivity index (χ2v) is 5.51. The predicted octanol–water partition coefficient (Wildman–Crippen LogP) is -4.37. The molecule has 22 heavy (non-hydrogen) atoms. The van der Waals surface area contributed by atoms with Gasteiger partial charge in [0.25, 0.3) is 0 Å². The smallest absolute Gasteiger partial charge is 0.187 e. The van der Waals surface area contributed by atoms with E-state index in [1.165, 1.54) is 6.92 Å². The Hall–Kier alpha value is -0.400. The minimum absolute atomic E-state index is 0.630. The minimum atomic E-state index is -1.70. The zero-order chi connectivity index (χ0) is 16.6. The minimum Gasteiger partial charge on any atom is -0.394 e. The molecule has 10 heteroatoms. The lowest BCUT2D eigenvalue weighted by molar-refractivity contribution is -0.352. The molecule has 0 saturated carbocycles. The van der Waals surface area contributed by atoms with E-state index in [9.17, 15) is 35.7 Å². The van der Waals surface area contributed by atoms with E-state index in [2.05, 4.69) is 0 Å². The normalized spacial score (nSPS) is 53.5. The molecule has 2 fully saturated rings. The van der Waals surface area contributed by atoms with Crippen molar-refractivity contribution in [2.45, 2.75) is 68.3 Å². The van der Waals surface area contributed by atoms with Gasteiger partial charge in [0.15, 0.2) is 12.6 Å². The summed E-state index contributed by atoms with van der Waals surface area (Å²) in [6.45, 7) is 0.821. The fourth-order valence-corrected chi connectivity index (χ4v) is 2.52. The molecular formula is C12H22O10. The highest BCUT2D eigenvalue weighted by atomic mass is 16.7. The SMILES string of the molecule is C[C@@H]1O[C@@H](O[C@@H]2[C@H](O)[C@@H](O)[C@H](O)O[C@@H]2CO)[C@@H](O)[C@H](O)[C@@H]1O. The molecule has 7 N–H and O–H groups in total. The highest BCUT2D eigenvalue weighted by Crippen LogP contribution is 2.28. The molecule has 2 aliphatic heterocycles. The van der Waals surface area contributed by atoms with E-state index in [0.29, 0.717) is 0 Å². The molecule has 0 aromatic rings. The average molecular weight is 326 g/mol. The molecule has 0 spiro atoms. The van der Waals surface area contributed by atoms with Crippen LogP contribution in [0, 0.1) is 0 Å². The molecule has 0 bridgehead atoms. The van der Waals surface area contributed by atoms with Crippen LogP contribution in [-0.2, 0) is 14.2 Å². The van der Waals surface area contributed by atoms with E-state index in [-0.39, 0.29) is 0 Å². The van der Waals surface area contributed by atoms with Crippen LogP contribution in [0.15, 0.2) is 0 Å². The highest BCUT2D eigenvalue weighted by molar-refractivity contribution is 4.93. The van der Waals surface area contributed by atoms with Gasteiger partial charge in [0, 0.05) is 0 Å². The fraction of sp³-hybridized carbons (Fsp3) is 1.00. The Morgan fingerprint density at radius 2 is 1.45 bits per heavy atom. The Labute approximate surface area is 126 Å². The van der Waals surface area contributed by atoms with Gasteiger partial charge in [-0.05, 0) is 6.92 Å². The molecule has 10 nitrogen and oxygen atoms in total. The molecule has 2 saturated heterocycles. The summed E-state index contributed by atoms with van der Waals surface area (Å²) in [6, 6.07) is 0. The van der Waals surface area contributed by atoms with Gasteiger partial charge < -0.3 is 50.0 Å². The Balaban J connectivity index is 2.10. The summed E-state index contributed by atoms with van der Waals surface area (Å²) in [5, 5.41) is 67.3. The summed E-state index contributed by atoms with van der Waals surface area (Å²) in [5.74, 6) is 0. The molecule has 0 aliphatic carbocycles. The molecule has 2 heterocycles. The number of aliphatic hydroxyl groups is 7. The van der Waals surface area contributed by atoms with Gasteiger partial charge in [0.05, 0.1) is 12.7 Å². The van der Waals surface area contributed by atoms with Crippen molar-refractivity contribution in [1.29, 1.82) is 0 Å². The Kier molecular flexibility index (Phi) is 5.72. The molecule has 2 rings (SSSR count). The first-order chi connectivity index (χ1) is 10.3. The van der Waals surface area contributed by atoms with Crippen molar-refractivity contribution >= 4 is 0 Å². The third kappa shape index (κ3) is 3.26. The van der Waals surface area contributed by atoms with E-state index >= 15 is 0 Å². The van der Waals surface area contributed by atoms with E-state index in [1.807, 2.05) is 0 Å². The lowest BCUT2D eigenvalue weighted by Crippen LogP contribution is -2.63. The van der Waals surface area contributed by atoms with Crippen LogP contribution in [0.5, 0.6) is 0 Å². The van der Waals surface area contributed by atoms with Crippen molar-refractivity contribution in [3.8, 4) is 0 Å². The molecular weight excluding hydrogens is 304 g/mol. The molecule has 0 radical (unpaired) electrons. The van der Waals surface area contributed by atoms with Gasteiger partial charge in [-0.25, -0.2) is 0 Å². The number of rotatable bonds is 3. The lowest BCUT2D eigenvalue weighted by atomic mass is 9.97. The van der Waals surface area contributed by atoms with Crippen LogP contribution < -0.4 is 0 Å². The second-order valence-electron chi connectivity index (χ2n) is 5.51. The van der Waals surface area contributed by atoms with E-state index in [4.69, 9.17) is 14.2 Å². The Bertz CT molecular complexity index is 366. The Morgan fingerprint density at radius 1 is 0.818 bits per heavy atom. The average Bonchev–Trinajstić information content (AvgIpc) is 2.50. The van der Waals surface area contributed by atoms with Crippen molar-refractivity contribution in [3.05, 3.63) is 0 Å². The van der Waals surface area contributed by atoms with E-state index < -0.39 is 68.0 Å². The van der Waals surface area contributed by atoms with E-state index in [0.717, 1.165) is 0 Å². The zero-order valence-electron chi connectivity index (χ0n) is 11.8. The topological polar surface area (TPSA) is 169 Å². The van der Waals surface area contributed by atoms with Crippen molar-refractivity contribution in [1.82, 2.24) is 0 Å². The van der Waals surface area contributed by atoms with E-state index in [1.54, 1.807) is 0 Å². The van der Waals surface area contributed by atoms with Gasteiger partial charge in [0.2, 0.25) is 0 Å². The standard InChI is InChI=1S/C12H22O10/c1-3-5(14)6(15)9(18)12(20-3)22-10-4(2-13)21-11(19)8(17)7(10)16/h3-19H,2H2,1H3/t3-,4+,5+,6+,7+,8+,9-,10-,11+,12-/m0/s1. The van der Waals surface area contributed by atoms with Gasteiger partial charge in [-0.15, -0.1) is 0 Å². The summed E-state index contributed by atoms with van der Waals surface area (Å²) in [5.41, 5.74) is 0. The number of ether oxygens (including phenoxy) is 3. The highest BCUT2D eigenvalue weighted by Gasteiger charge is 2.49. The summed E-state index contributed by atoms with van der Waals surface area (Å²) in [6.07, 6.45) is -14.2. The summed E-state index contributed by atoms with van der Waals surface area (Å²) in [4.78, 5) is 0. The van der Waals surface area contributed by atoms with Gasteiger partial charge in [-0.3, -0.25) is 0 Å². The maximum atomic E-state index is 9.93. The third-order valence-corrected chi connectivity index (χ3v) is 3.94. The Morgan fingerprint density at radius 3 is 2.05 bits per heavy atom. The first kappa shape index (κ1) is 17.9. The molecule has 130 valence electrons. The molecule has 0 unspecified atom stereocenters. The quantitative estimate of drug-likeness (QED) is 0.269. The summed E-state index contributed by atoms with van der Waals surface area (Å²) < 4.78 is 15.4. The summed E-state index contributed by atoms with van der Waals surface area (Å²) in [7, 11) is 0. The van der Waals surface area contributed by atoms with Crippen molar-refractivity contribution < 1.29 is 50.0 Å². The first-order valence-electron chi connectivity index (χ1n) is 6.93. The van der Waals surface area contributed by atoms with Crippen LogP contribution in [0.3, 0.4) is 0 Å². The van der Waals surface area contributed by atoms with Gasteiger partial charge >= 0.3 is 0 Å². The third-order valence-electron chi connectivity index (χ3n) is 3.94. The largest absolute Gasteiger partial charge is 0.394 e. The van der Waals surface area contributed by atoms with Crippen LogP contribution in [0.2, 0.25) is 0 Å². The number of hydrogen-bond donors (Lipinski definition) is 7. The van der Waals surface area contributed by atoms with Crippen LogP contribution in [0.1, 0.15) is 6.92 Å². The molecule has 2 aliphatic rings. The molecule has 0 aromatic heterocycles. The zero-order valence-corrected chi connectivity index (χ0v) is 11.8. The van der Waals surface area contributed by atoms with Gasteiger partial charge in [-0.1, -0.05) is 0 Å². The second kappa shape index (κ2) is 7.01. The van der Waals surface area contributed by atoms with Crippen LogP contribution in [0.4, 0.5) is 0 Å². The van der Waals surface area contributed by atoms with Crippen LogP contribution in [0.25, 0.3) is 0 Å². The van der Waals surface area contributed by atoms with Gasteiger partial charge in [0.1, 0.15) is 42.7 Å². The fourth-order valence-electron chi connectivity index (χ4n) is 2.52. The van der Waals surface area contributed by atoms with Crippen LogP contribution >= 0.6 is 0 Å². The molecule has 10 atom stereocenters. The maximum Gasteiger partial charge on any atom is 0.187 e. The number of hydrogen-bond acceptors (Lipinski definition) is 10. The predicted molar refractivity (Wildman–Crippen MR) is 67.2 cm³/mol.